The zero-order valence-electron chi connectivity index (χ0n) is 15.9. The van der Waals surface area contributed by atoms with Gasteiger partial charge < -0.3 is 9.47 Å². The van der Waals surface area contributed by atoms with E-state index in [9.17, 15) is 4.79 Å². The second-order valence-electron chi connectivity index (χ2n) is 7.48. The Labute approximate surface area is 161 Å². The van der Waals surface area contributed by atoms with Gasteiger partial charge in [-0.05, 0) is 54.5 Å². The number of benzene rings is 2. The number of hydrogen-bond acceptors (Lipinski definition) is 3. The Morgan fingerprint density at radius 2 is 1.85 bits per heavy atom. The largest absolute Gasteiger partial charge is 0.492 e. The number of ether oxygens (including phenoxy) is 2. The minimum absolute atomic E-state index is 0.0937. The maximum atomic E-state index is 12.9. The summed E-state index contributed by atoms with van der Waals surface area (Å²) >= 11 is 0. The second kappa shape index (κ2) is 7.99. The predicted octanol–water partition coefficient (Wildman–Crippen LogP) is 5.82. The molecule has 0 saturated heterocycles. The number of ketones is 1. The molecule has 1 fully saturated rings. The fourth-order valence-electron chi connectivity index (χ4n) is 3.89. The summed E-state index contributed by atoms with van der Waals surface area (Å²) in [4.78, 5) is 12.9. The van der Waals surface area contributed by atoms with Crippen LogP contribution in [-0.4, -0.2) is 12.4 Å². The molecule has 140 valence electrons. The van der Waals surface area contributed by atoms with Gasteiger partial charge in [0.05, 0.1) is 6.61 Å². The van der Waals surface area contributed by atoms with E-state index < -0.39 is 0 Å². The number of allylic oxidation sites excluding steroid dienone is 1. The van der Waals surface area contributed by atoms with E-state index in [1.165, 1.54) is 37.7 Å². The molecular weight excluding hydrogens is 336 g/mol. The first kappa shape index (κ1) is 17.8. The van der Waals surface area contributed by atoms with Crippen molar-refractivity contribution in [2.24, 2.45) is 5.92 Å². The first-order valence-corrected chi connectivity index (χ1v) is 10.0. The van der Waals surface area contributed by atoms with E-state index in [1.54, 1.807) is 0 Å². The van der Waals surface area contributed by atoms with Crippen molar-refractivity contribution in [2.45, 2.75) is 45.4 Å². The minimum Gasteiger partial charge on any atom is -0.492 e. The Hall–Kier alpha value is -2.55. The Morgan fingerprint density at radius 3 is 2.59 bits per heavy atom. The number of carbonyl (C=O) groups excluding carboxylic acids is 1. The van der Waals surface area contributed by atoms with E-state index >= 15 is 0 Å². The normalized spacial score (nSPS) is 18.4. The molecule has 0 aromatic heterocycles. The molecule has 2 aromatic carbocycles. The lowest BCUT2D eigenvalue weighted by Crippen LogP contribution is -2.16. The van der Waals surface area contributed by atoms with Gasteiger partial charge in [-0.3, -0.25) is 4.79 Å². The van der Waals surface area contributed by atoms with Crippen molar-refractivity contribution in [1.29, 1.82) is 0 Å². The molecule has 1 saturated carbocycles. The molecule has 0 amide bonds. The van der Waals surface area contributed by atoms with Crippen molar-refractivity contribution >= 4 is 11.9 Å². The van der Waals surface area contributed by atoms with Gasteiger partial charge in [-0.2, -0.15) is 0 Å². The Morgan fingerprint density at radius 1 is 1.07 bits per heavy atom. The molecule has 0 unspecified atom stereocenters. The molecule has 27 heavy (non-hydrogen) atoms. The highest BCUT2D eigenvalue weighted by atomic mass is 16.5. The van der Waals surface area contributed by atoms with Gasteiger partial charge in [0.25, 0.3) is 0 Å². The molecule has 3 heteroatoms. The van der Waals surface area contributed by atoms with Gasteiger partial charge in [0.2, 0.25) is 5.78 Å². The summed E-state index contributed by atoms with van der Waals surface area (Å²) in [7, 11) is 0. The Balaban J connectivity index is 1.52. The number of carbonyl (C=O) groups is 1. The maximum Gasteiger partial charge on any atom is 0.235 e. The summed E-state index contributed by atoms with van der Waals surface area (Å²) in [6, 6.07) is 13.8. The van der Waals surface area contributed by atoms with E-state index in [0.717, 1.165) is 12.0 Å². The fourth-order valence-corrected chi connectivity index (χ4v) is 3.89. The topological polar surface area (TPSA) is 35.5 Å². The predicted molar refractivity (Wildman–Crippen MR) is 107 cm³/mol. The van der Waals surface area contributed by atoms with Crippen LogP contribution in [0.5, 0.6) is 11.5 Å². The molecule has 3 nitrogen and oxygen atoms in total. The van der Waals surface area contributed by atoms with Crippen molar-refractivity contribution in [3.8, 4) is 11.5 Å². The van der Waals surface area contributed by atoms with E-state index in [2.05, 4.69) is 19.1 Å². The standard InChI is InChI=1S/C24H26O3/c1-2-17-11-13-18(14-12-17)15-22-24(25)23-20(9-6-10-21(23)27-22)26-16-19-7-4-3-5-8-19/h6,9-15,19H,2-5,7-8,16H2,1H3/b22-15-. The molecule has 0 spiro atoms. The van der Waals surface area contributed by atoms with Crippen LogP contribution in [0.3, 0.4) is 0 Å². The summed E-state index contributed by atoms with van der Waals surface area (Å²) in [5.41, 5.74) is 2.80. The zero-order chi connectivity index (χ0) is 18.6. The third kappa shape index (κ3) is 3.92. The summed E-state index contributed by atoms with van der Waals surface area (Å²) in [6.45, 7) is 2.81. The van der Waals surface area contributed by atoms with E-state index in [4.69, 9.17) is 9.47 Å². The van der Waals surface area contributed by atoms with E-state index in [0.29, 0.717) is 35.3 Å². The van der Waals surface area contributed by atoms with Crippen LogP contribution in [0, 0.1) is 5.92 Å². The van der Waals surface area contributed by atoms with Gasteiger partial charge in [-0.25, -0.2) is 0 Å². The lowest BCUT2D eigenvalue weighted by Gasteiger charge is -2.22. The average molecular weight is 362 g/mol. The van der Waals surface area contributed by atoms with Gasteiger partial charge in [0.1, 0.15) is 17.1 Å². The fraction of sp³-hybridized carbons (Fsp3) is 0.375. The molecule has 1 aliphatic carbocycles. The smallest absolute Gasteiger partial charge is 0.235 e. The van der Waals surface area contributed by atoms with Gasteiger partial charge in [0, 0.05) is 0 Å². The van der Waals surface area contributed by atoms with Crippen molar-refractivity contribution < 1.29 is 14.3 Å². The maximum absolute atomic E-state index is 12.9. The molecule has 2 aromatic rings. The van der Waals surface area contributed by atoms with Crippen LogP contribution < -0.4 is 9.47 Å². The summed E-state index contributed by atoms with van der Waals surface area (Å²) in [5, 5.41) is 0. The van der Waals surface area contributed by atoms with Gasteiger partial charge in [-0.1, -0.05) is 56.5 Å². The first-order chi connectivity index (χ1) is 13.2. The molecule has 0 radical (unpaired) electrons. The van der Waals surface area contributed by atoms with Crippen LogP contribution in [-0.2, 0) is 6.42 Å². The molecule has 1 aliphatic heterocycles. The van der Waals surface area contributed by atoms with Crippen LogP contribution in [0.25, 0.3) is 6.08 Å². The van der Waals surface area contributed by atoms with Crippen molar-refractivity contribution in [3.63, 3.8) is 0 Å². The Kier molecular flexibility index (Phi) is 5.28. The SMILES string of the molecule is CCc1ccc(/C=C2\Oc3cccc(OCC4CCCCC4)c3C2=O)cc1. The van der Waals surface area contributed by atoms with Crippen molar-refractivity contribution in [3.05, 3.63) is 64.9 Å². The third-order valence-electron chi connectivity index (χ3n) is 5.54. The highest BCUT2D eigenvalue weighted by molar-refractivity contribution is 6.16. The monoisotopic (exact) mass is 362 g/mol. The number of Topliss-reactive ketones (excluding diaryl/α,β-unsaturated/α-hetero) is 1. The summed E-state index contributed by atoms with van der Waals surface area (Å²) < 4.78 is 11.9. The van der Waals surface area contributed by atoms with Crippen molar-refractivity contribution in [2.75, 3.05) is 6.61 Å². The molecular formula is C24H26O3. The van der Waals surface area contributed by atoms with E-state index in [-0.39, 0.29) is 5.78 Å². The molecule has 0 atom stereocenters. The van der Waals surface area contributed by atoms with Gasteiger partial charge in [0.15, 0.2) is 5.76 Å². The van der Waals surface area contributed by atoms with E-state index in [1.807, 2.05) is 36.4 Å². The summed E-state index contributed by atoms with van der Waals surface area (Å²) in [5.74, 6) is 2.11. The number of hydrogen-bond donors (Lipinski definition) is 0. The quantitative estimate of drug-likeness (QED) is 0.628. The third-order valence-corrected chi connectivity index (χ3v) is 5.54. The molecule has 0 N–H and O–H groups in total. The lowest BCUT2D eigenvalue weighted by molar-refractivity contribution is 0.101. The first-order valence-electron chi connectivity index (χ1n) is 10.0. The molecule has 4 rings (SSSR count). The number of fused-ring (bicyclic) bond motifs is 1. The van der Waals surface area contributed by atoms with Crippen LogP contribution in [0.1, 0.15) is 60.5 Å². The number of rotatable bonds is 5. The number of aryl methyl sites for hydroxylation is 1. The lowest BCUT2D eigenvalue weighted by atomic mass is 9.90. The highest BCUT2D eigenvalue weighted by Crippen LogP contribution is 2.38. The average Bonchev–Trinajstić information content (AvgIpc) is 3.04. The van der Waals surface area contributed by atoms with Crippen molar-refractivity contribution in [1.82, 2.24) is 0 Å². The van der Waals surface area contributed by atoms with Gasteiger partial charge in [-0.15, -0.1) is 0 Å². The van der Waals surface area contributed by atoms with Crippen LogP contribution in [0.4, 0.5) is 0 Å². The highest BCUT2D eigenvalue weighted by Gasteiger charge is 2.31. The molecule has 1 heterocycles. The molecule has 2 aliphatic rings. The Bertz CT molecular complexity index is 842. The van der Waals surface area contributed by atoms with Crippen LogP contribution in [0.15, 0.2) is 48.2 Å². The summed E-state index contributed by atoms with van der Waals surface area (Å²) in [6.07, 6.45) is 9.15. The van der Waals surface area contributed by atoms with Crippen LogP contribution in [0.2, 0.25) is 0 Å². The minimum atomic E-state index is -0.0937. The zero-order valence-corrected chi connectivity index (χ0v) is 15.9. The van der Waals surface area contributed by atoms with Crippen LogP contribution >= 0.6 is 0 Å². The van der Waals surface area contributed by atoms with Gasteiger partial charge >= 0.3 is 0 Å². The second-order valence-corrected chi connectivity index (χ2v) is 7.48. The molecule has 0 bridgehead atoms.